The summed E-state index contributed by atoms with van der Waals surface area (Å²) in [5.41, 5.74) is 1.71. The normalized spacial score (nSPS) is 11.0. The van der Waals surface area contributed by atoms with E-state index in [0.717, 1.165) is 23.9 Å². The summed E-state index contributed by atoms with van der Waals surface area (Å²) in [5.74, 6) is 0.614. The summed E-state index contributed by atoms with van der Waals surface area (Å²) >= 11 is 0. The van der Waals surface area contributed by atoms with Crippen molar-refractivity contribution in [3.05, 3.63) is 36.0 Å². The molecule has 90 valence electrons. The fourth-order valence-corrected chi connectivity index (χ4v) is 1.77. The van der Waals surface area contributed by atoms with Gasteiger partial charge in [-0.3, -0.25) is 4.79 Å². The molecule has 3 heteroatoms. The standard InChI is InChI=1S/C14H18N2O/c1-10(2)5-7-16-14(17)12-4-3-11-6-8-15-13(11)9-12/h3-4,6,8-10,15H,5,7H2,1-2H3,(H,16,17). The van der Waals surface area contributed by atoms with Crippen LogP contribution in [0, 0.1) is 5.92 Å². The molecule has 1 amide bonds. The number of hydrogen-bond acceptors (Lipinski definition) is 1. The Balaban J connectivity index is 2.03. The number of fused-ring (bicyclic) bond motifs is 1. The zero-order chi connectivity index (χ0) is 12.3. The van der Waals surface area contributed by atoms with E-state index in [1.807, 2.05) is 30.5 Å². The fourth-order valence-electron chi connectivity index (χ4n) is 1.77. The highest BCUT2D eigenvalue weighted by atomic mass is 16.1. The average Bonchev–Trinajstić information content (AvgIpc) is 2.75. The summed E-state index contributed by atoms with van der Waals surface area (Å²) < 4.78 is 0. The molecule has 0 atom stereocenters. The number of nitrogens with one attached hydrogen (secondary N) is 2. The zero-order valence-corrected chi connectivity index (χ0v) is 10.3. The number of benzene rings is 1. The molecular weight excluding hydrogens is 212 g/mol. The Morgan fingerprint density at radius 1 is 1.35 bits per heavy atom. The number of aromatic amines is 1. The van der Waals surface area contributed by atoms with Crippen LogP contribution in [0.2, 0.25) is 0 Å². The van der Waals surface area contributed by atoms with Gasteiger partial charge in [0.1, 0.15) is 0 Å². The van der Waals surface area contributed by atoms with Crippen LogP contribution in [0.25, 0.3) is 10.9 Å². The van der Waals surface area contributed by atoms with Crippen molar-refractivity contribution in [1.29, 1.82) is 0 Å². The molecule has 0 saturated heterocycles. The molecule has 0 bridgehead atoms. The van der Waals surface area contributed by atoms with Gasteiger partial charge in [-0.25, -0.2) is 0 Å². The minimum absolute atomic E-state index is 0.00199. The lowest BCUT2D eigenvalue weighted by atomic mass is 10.1. The van der Waals surface area contributed by atoms with Gasteiger partial charge in [0, 0.05) is 23.8 Å². The highest BCUT2D eigenvalue weighted by molar-refractivity contribution is 5.97. The second-order valence-electron chi connectivity index (χ2n) is 4.72. The van der Waals surface area contributed by atoms with Gasteiger partial charge in [-0.05, 0) is 35.9 Å². The average molecular weight is 230 g/mol. The van der Waals surface area contributed by atoms with Gasteiger partial charge >= 0.3 is 0 Å². The lowest BCUT2D eigenvalue weighted by molar-refractivity contribution is 0.0952. The molecule has 0 aliphatic carbocycles. The fraction of sp³-hybridized carbons (Fsp3) is 0.357. The minimum atomic E-state index is 0.00199. The van der Waals surface area contributed by atoms with Crippen LogP contribution >= 0.6 is 0 Å². The maximum Gasteiger partial charge on any atom is 0.251 e. The Morgan fingerprint density at radius 2 is 2.18 bits per heavy atom. The molecule has 2 N–H and O–H groups in total. The first-order valence-corrected chi connectivity index (χ1v) is 6.02. The number of carbonyl (C=O) groups is 1. The topological polar surface area (TPSA) is 44.9 Å². The van der Waals surface area contributed by atoms with Crippen LogP contribution in [0.3, 0.4) is 0 Å². The maximum atomic E-state index is 11.9. The van der Waals surface area contributed by atoms with E-state index in [-0.39, 0.29) is 5.91 Å². The molecule has 0 radical (unpaired) electrons. The molecule has 0 aliphatic heterocycles. The minimum Gasteiger partial charge on any atom is -0.361 e. The number of H-pyrrole nitrogens is 1. The SMILES string of the molecule is CC(C)CCNC(=O)c1ccc2cc[nH]c2c1. The molecule has 0 fully saturated rings. The van der Waals surface area contributed by atoms with Crippen molar-refractivity contribution >= 4 is 16.8 Å². The molecule has 0 spiro atoms. The van der Waals surface area contributed by atoms with Crippen molar-refractivity contribution in [1.82, 2.24) is 10.3 Å². The summed E-state index contributed by atoms with van der Waals surface area (Å²) in [5, 5.41) is 4.06. The van der Waals surface area contributed by atoms with Gasteiger partial charge in [-0.2, -0.15) is 0 Å². The quantitative estimate of drug-likeness (QED) is 0.833. The molecule has 1 aromatic heterocycles. The molecule has 1 aromatic carbocycles. The van der Waals surface area contributed by atoms with Crippen LogP contribution in [-0.2, 0) is 0 Å². The van der Waals surface area contributed by atoms with Gasteiger partial charge in [-0.1, -0.05) is 19.9 Å². The van der Waals surface area contributed by atoms with E-state index in [2.05, 4.69) is 24.1 Å². The van der Waals surface area contributed by atoms with Crippen LogP contribution in [0.15, 0.2) is 30.5 Å². The van der Waals surface area contributed by atoms with E-state index in [1.54, 1.807) is 0 Å². The van der Waals surface area contributed by atoms with Crippen LogP contribution in [0.1, 0.15) is 30.6 Å². The van der Waals surface area contributed by atoms with Gasteiger partial charge < -0.3 is 10.3 Å². The lowest BCUT2D eigenvalue weighted by Gasteiger charge is -2.07. The number of rotatable bonds is 4. The number of amides is 1. The van der Waals surface area contributed by atoms with Crippen LogP contribution < -0.4 is 5.32 Å². The molecule has 2 rings (SSSR count). The van der Waals surface area contributed by atoms with Crippen LogP contribution in [0.5, 0.6) is 0 Å². The van der Waals surface area contributed by atoms with E-state index in [4.69, 9.17) is 0 Å². The Labute approximate surface area is 101 Å². The second-order valence-corrected chi connectivity index (χ2v) is 4.72. The second kappa shape index (κ2) is 5.04. The molecule has 2 aromatic rings. The molecule has 3 nitrogen and oxygen atoms in total. The highest BCUT2D eigenvalue weighted by Crippen LogP contribution is 2.14. The Hall–Kier alpha value is -1.77. The van der Waals surface area contributed by atoms with Crippen LogP contribution in [0.4, 0.5) is 0 Å². The predicted molar refractivity (Wildman–Crippen MR) is 70.1 cm³/mol. The number of carbonyl (C=O) groups excluding carboxylic acids is 1. The summed E-state index contributed by atoms with van der Waals surface area (Å²) in [6.07, 6.45) is 2.89. The molecule has 0 unspecified atom stereocenters. The molecular formula is C14H18N2O. The predicted octanol–water partition coefficient (Wildman–Crippen LogP) is 2.94. The van der Waals surface area contributed by atoms with E-state index in [0.29, 0.717) is 11.5 Å². The third-order valence-corrected chi connectivity index (χ3v) is 2.82. The summed E-state index contributed by atoms with van der Waals surface area (Å²) in [6.45, 7) is 5.04. The molecule has 17 heavy (non-hydrogen) atoms. The van der Waals surface area contributed by atoms with Gasteiger partial charge in [0.2, 0.25) is 0 Å². The zero-order valence-electron chi connectivity index (χ0n) is 10.3. The summed E-state index contributed by atoms with van der Waals surface area (Å²) in [4.78, 5) is 15.0. The molecule has 0 aliphatic rings. The van der Waals surface area contributed by atoms with Crippen molar-refractivity contribution in [3.8, 4) is 0 Å². The third kappa shape index (κ3) is 2.87. The first kappa shape index (κ1) is 11.7. The van der Waals surface area contributed by atoms with Gasteiger partial charge in [0.25, 0.3) is 5.91 Å². The van der Waals surface area contributed by atoms with Crippen molar-refractivity contribution in [2.24, 2.45) is 5.92 Å². The monoisotopic (exact) mass is 230 g/mol. The first-order chi connectivity index (χ1) is 8.16. The van der Waals surface area contributed by atoms with Gasteiger partial charge in [-0.15, -0.1) is 0 Å². The smallest absolute Gasteiger partial charge is 0.251 e. The Kier molecular flexibility index (Phi) is 3.47. The van der Waals surface area contributed by atoms with E-state index in [9.17, 15) is 4.79 Å². The summed E-state index contributed by atoms with van der Waals surface area (Å²) in [6, 6.07) is 7.71. The number of aromatic nitrogens is 1. The van der Waals surface area contributed by atoms with Gasteiger partial charge in [0.15, 0.2) is 0 Å². The molecule has 1 heterocycles. The maximum absolute atomic E-state index is 11.9. The van der Waals surface area contributed by atoms with Crippen molar-refractivity contribution < 1.29 is 4.79 Å². The first-order valence-electron chi connectivity index (χ1n) is 6.02. The van der Waals surface area contributed by atoms with Crippen LogP contribution in [-0.4, -0.2) is 17.4 Å². The largest absolute Gasteiger partial charge is 0.361 e. The van der Waals surface area contributed by atoms with E-state index < -0.39 is 0 Å². The van der Waals surface area contributed by atoms with Crippen molar-refractivity contribution in [2.45, 2.75) is 20.3 Å². The summed E-state index contributed by atoms with van der Waals surface area (Å²) in [7, 11) is 0. The van der Waals surface area contributed by atoms with Gasteiger partial charge in [0.05, 0.1) is 0 Å². The molecule has 0 saturated carbocycles. The Morgan fingerprint density at radius 3 is 2.94 bits per heavy atom. The number of hydrogen-bond donors (Lipinski definition) is 2. The highest BCUT2D eigenvalue weighted by Gasteiger charge is 2.06. The Bertz CT molecular complexity index is 514. The van der Waals surface area contributed by atoms with E-state index >= 15 is 0 Å². The third-order valence-electron chi connectivity index (χ3n) is 2.82. The van der Waals surface area contributed by atoms with E-state index in [1.165, 1.54) is 0 Å². The lowest BCUT2D eigenvalue weighted by Crippen LogP contribution is -2.25. The van der Waals surface area contributed by atoms with Crippen molar-refractivity contribution in [2.75, 3.05) is 6.54 Å². The van der Waals surface area contributed by atoms with Crippen molar-refractivity contribution in [3.63, 3.8) is 0 Å².